The molecule has 1 aromatic heterocycles. The molecule has 16 heavy (non-hydrogen) atoms. The minimum atomic E-state index is 0.327. The van der Waals surface area contributed by atoms with E-state index >= 15 is 0 Å². The van der Waals surface area contributed by atoms with Gasteiger partial charge in [-0.3, -0.25) is 0 Å². The van der Waals surface area contributed by atoms with Gasteiger partial charge in [0.1, 0.15) is 0 Å². The number of nitrogen functional groups attached to an aromatic ring is 1. The van der Waals surface area contributed by atoms with Gasteiger partial charge in [-0.2, -0.15) is 5.10 Å². The maximum atomic E-state index is 5.90. The molecule has 1 aromatic carbocycles. The molecule has 2 N–H and O–H groups in total. The highest BCUT2D eigenvalue weighted by Crippen LogP contribution is 2.22. The molecule has 4 heteroatoms. The molecule has 0 saturated heterocycles. The van der Waals surface area contributed by atoms with E-state index in [1.54, 1.807) is 4.68 Å². The highest BCUT2D eigenvalue weighted by molar-refractivity contribution is 6.30. The molecule has 0 bridgehead atoms. The van der Waals surface area contributed by atoms with Crippen molar-refractivity contribution in [3.05, 3.63) is 41.2 Å². The monoisotopic (exact) mass is 235 g/mol. The van der Waals surface area contributed by atoms with Crippen molar-refractivity contribution >= 4 is 17.3 Å². The first kappa shape index (κ1) is 11.0. The number of nitrogens with zero attached hydrogens (tertiary/aromatic N) is 2. The summed E-state index contributed by atoms with van der Waals surface area (Å²) in [6, 6.07) is 7.51. The first-order valence-electron chi connectivity index (χ1n) is 5.19. The summed E-state index contributed by atoms with van der Waals surface area (Å²) in [4.78, 5) is 0. The van der Waals surface area contributed by atoms with Crippen molar-refractivity contribution < 1.29 is 0 Å². The topological polar surface area (TPSA) is 43.8 Å². The zero-order chi connectivity index (χ0) is 11.7. The van der Waals surface area contributed by atoms with Crippen LogP contribution >= 0.6 is 11.6 Å². The van der Waals surface area contributed by atoms with Gasteiger partial charge in [0.25, 0.3) is 0 Å². The molecule has 2 rings (SSSR count). The van der Waals surface area contributed by atoms with Crippen molar-refractivity contribution in [1.29, 1.82) is 0 Å². The van der Waals surface area contributed by atoms with Crippen LogP contribution < -0.4 is 5.73 Å². The second-order valence-corrected chi connectivity index (χ2v) is 4.48. The van der Waals surface area contributed by atoms with Crippen molar-refractivity contribution in [2.75, 3.05) is 5.73 Å². The highest BCUT2D eigenvalue weighted by Gasteiger charge is 2.10. The lowest BCUT2D eigenvalue weighted by Gasteiger charge is -2.02. The number of halogens is 1. The summed E-state index contributed by atoms with van der Waals surface area (Å²) in [5.74, 6) is 0.327. The fourth-order valence-electron chi connectivity index (χ4n) is 1.58. The van der Waals surface area contributed by atoms with Gasteiger partial charge in [0.15, 0.2) is 0 Å². The molecule has 84 valence electrons. The Labute approximate surface area is 99.8 Å². The molecular weight excluding hydrogens is 222 g/mol. The van der Waals surface area contributed by atoms with Crippen LogP contribution in [0, 0.1) is 0 Å². The molecule has 1 heterocycles. The predicted molar refractivity (Wildman–Crippen MR) is 67.1 cm³/mol. The summed E-state index contributed by atoms with van der Waals surface area (Å²) in [5.41, 5.74) is 8.51. The minimum absolute atomic E-state index is 0.327. The van der Waals surface area contributed by atoms with Gasteiger partial charge in [0, 0.05) is 5.02 Å². The molecule has 3 nitrogen and oxygen atoms in total. The molecule has 0 fully saturated rings. The molecule has 0 spiro atoms. The van der Waals surface area contributed by atoms with Crippen LogP contribution in [0.25, 0.3) is 5.69 Å². The third-order valence-electron chi connectivity index (χ3n) is 2.41. The average Bonchev–Trinajstić information content (AvgIpc) is 2.61. The van der Waals surface area contributed by atoms with Crippen molar-refractivity contribution in [2.24, 2.45) is 0 Å². The molecule has 0 saturated carbocycles. The summed E-state index contributed by atoms with van der Waals surface area (Å²) >= 11 is 5.83. The van der Waals surface area contributed by atoms with Gasteiger partial charge in [0.2, 0.25) is 0 Å². The van der Waals surface area contributed by atoms with E-state index < -0.39 is 0 Å². The Hall–Kier alpha value is -1.48. The number of rotatable bonds is 2. The number of benzene rings is 1. The Balaban J connectivity index is 2.41. The van der Waals surface area contributed by atoms with Gasteiger partial charge in [0.05, 0.1) is 23.3 Å². The van der Waals surface area contributed by atoms with E-state index in [9.17, 15) is 0 Å². The van der Waals surface area contributed by atoms with Crippen molar-refractivity contribution in [1.82, 2.24) is 9.78 Å². The Morgan fingerprint density at radius 3 is 2.38 bits per heavy atom. The maximum absolute atomic E-state index is 5.90. The largest absolute Gasteiger partial charge is 0.396 e. The number of hydrogen-bond donors (Lipinski definition) is 1. The van der Waals surface area contributed by atoms with Crippen molar-refractivity contribution in [2.45, 2.75) is 19.8 Å². The van der Waals surface area contributed by atoms with Crippen LogP contribution in [0.3, 0.4) is 0 Å². The lowest BCUT2D eigenvalue weighted by Crippen LogP contribution is -1.97. The second-order valence-electron chi connectivity index (χ2n) is 4.05. The zero-order valence-electron chi connectivity index (χ0n) is 9.31. The van der Waals surface area contributed by atoms with E-state index in [0.29, 0.717) is 10.9 Å². The van der Waals surface area contributed by atoms with E-state index in [1.807, 2.05) is 30.5 Å². The quantitative estimate of drug-likeness (QED) is 0.869. The summed E-state index contributed by atoms with van der Waals surface area (Å²) in [5, 5.41) is 5.17. The van der Waals surface area contributed by atoms with Crippen LogP contribution in [0.5, 0.6) is 0 Å². The number of aromatic nitrogens is 2. The molecule has 0 unspecified atom stereocenters. The van der Waals surface area contributed by atoms with Crippen molar-refractivity contribution in [3.63, 3.8) is 0 Å². The molecule has 0 aliphatic rings. The molecule has 0 aliphatic heterocycles. The van der Waals surface area contributed by atoms with Gasteiger partial charge >= 0.3 is 0 Å². The van der Waals surface area contributed by atoms with Crippen LogP contribution in [-0.2, 0) is 0 Å². The molecule has 0 radical (unpaired) electrons. The molecule has 0 atom stereocenters. The SMILES string of the molecule is CC(C)c1nn(-c2ccc(Cl)cc2)cc1N. The summed E-state index contributed by atoms with van der Waals surface area (Å²) in [6.07, 6.45) is 1.83. The average molecular weight is 236 g/mol. The van der Waals surface area contributed by atoms with Crippen LogP contribution in [0.15, 0.2) is 30.5 Å². The lowest BCUT2D eigenvalue weighted by atomic mass is 10.1. The number of anilines is 1. The van der Waals surface area contributed by atoms with E-state index in [0.717, 1.165) is 17.1 Å². The van der Waals surface area contributed by atoms with Crippen LogP contribution in [0.2, 0.25) is 5.02 Å². The third-order valence-corrected chi connectivity index (χ3v) is 2.66. The first-order valence-corrected chi connectivity index (χ1v) is 5.56. The lowest BCUT2D eigenvalue weighted by molar-refractivity contribution is 0.769. The maximum Gasteiger partial charge on any atom is 0.0883 e. The Bertz CT molecular complexity index is 485. The summed E-state index contributed by atoms with van der Waals surface area (Å²) in [6.45, 7) is 4.15. The highest BCUT2D eigenvalue weighted by atomic mass is 35.5. The van der Waals surface area contributed by atoms with Crippen molar-refractivity contribution in [3.8, 4) is 5.69 Å². The minimum Gasteiger partial charge on any atom is -0.396 e. The predicted octanol–water partition coefficient (Wildman–Crippen LogP) is 3.23. The first-order chi connectivity index (χ1) is 7.58. The van der Waals surface area contributed by atoms with Crippen LogP contribution in [-0.4, -0.2) is 9.78 Å². The smallest absolute Gasteiger partial charge is 0.0883 e. The molecule has 2 aromatic rings. The second kappa shape index (κ2) is 4.18. The van der Waals surface area contributed by atoms with E-state index in [1.165, 1.54) is 0 Å². The number of nitrogens with two attached hydrogens (primary N) is 1. The van der Waals surface area contributed by atoms with Crippen LogP contribution in [0.4, 0.5) is 5.69 Å². The third kappa shape index (κ3) is 2.04. The van der Waals surface area contributed by atoms with E-state index in [-0.39, 0.29) is 0 Å². The molecule has 0 aliphatic carbocycles. The Morgan fingerprint density at radius 1 is 1.25 bits per heavy atom. The van der Waals surface area contributed by atoms with E-state index in [2.05, 4.69) is 18.9 Å². The Morgan fingerprint density at radius 2 is 1.88 bits per heavy atom. The Kier molecular flexibility index (Phi) is 2.88. The normalized spacial score (nSPS) is 11.0. The fourth-order valence-corrected chi connectivity index (χ4v) is 1.70. The summed E-state index contributed by atoms with van der Waals surface area (Å²) < 4.78 is 1.78. The van der Waals surface area contributed by atoms with E-state index in [4.69, 9.17) is 17.3 Å². The number of hydrogen-bond acceptors (Lipinski definition) is 2. The fraction of sp³-hybridized carbons (Fsp3) is 0.250. The van der Waals surface area contributed by atoms with Gasteiger partial charge < -0.3 is 5.73 Å². The van der Waals surface area contributed by atoms with Crippen LogP contribution in [0.1, 0.15) is 25.5 Å². The van der Waals surface area contributed by atoms with Gasteiger partial charge in [-0.05, 0) is 30.2 Å². The molecule has 0 amide bonds. The van der Waals surface area contributed by atoms with Gasteiger partial charge in [-0.15, -0.1) is 0 Å². The zero-order valence-corrected chi connectivity index (χ0v) is 10.1. The van der Waals surface area contributed by atoms with Gasteiger partial charge in [-0.1, -0.05) is 25.4 Å². The standard InChI is InChI=1S/C12H14ClN3/c1-8(2)12-11(14)7-16(15-12)10-5-3-9(13)4-6-10/h3-8H,14H2,1-2H3. The molecular formula is C12H14ClN3. The van der Waals surface area contributed by atoms with Gasteiger partial charge in [-0.25, -0.2) is 4.68 Å². The summed E-state index contributed by atoms with van der Waals surface area (Å²) in [7, 11) is 0.